The second kappa shape index (κ2) is 4.72. The molecule has 0 amide bonds. The average Bonchev–Trinajstić information content (AvgIpc) is 2.16. The maximum absolute atomic E-state index is 10.5. The van der Waals surface area contributed by atoms with Crippen molar-refractivity contribution in [3.8, 4) is 5.75 Å². The maximum atomic E-state index is 10.5. The molecule has 68 valence electrons. The monoisotopic (exact) mass is 194 g/mol. The molecule has 0 heterocycles. The van der Waals surface area contributed by atoms with Crippen LogP contribution < -0.4 is 0 Å². The van der Waals surface area contributed by atoms with E-state index in [0.29, 0.717) is 23.2 Å². The third kappa shape index (κ3) is 2.36. The molecule has 1 N–H and O–H groups in total. The Morgan fingerprint density at radius 2 is 2.08 bits per heavy atom. The fraction of sp³-hybridized carbons (Fsp3) is 0.100. The van der Waals surface area contributed by atoms with Gasteiger partial charge in [0.2, 0.25) is 0 Å². The highest BCUT2D eigenvalue weighted by atomic mass is 32.1. The molecule has 0 saturated carbocycles. The standard InChI is InChI=1S/C10H10O2S/c11-7-9-4-1-3-8(10(9)12)5-2-6-13/h1-5,7,12-13H,6H2. The van der Waals surface area contributed by atoms with E-state index in [1.807, 2.05) is 0 Å². The first-order chi connectivity index (χ1) is 6.29. The van der Waals surface area contributed by atoms with Gasteiger partial charge in [-0.05, 0) is 6.07 Å². The van der Waals surface area contributed by atoms with Crippen molar-refractivity contribution in [1.29, 1.82) is 0 Å². The van der Waals surface area contributed by atoms with Crippen LogP contribution in [0.4, 0.5) is 0 Å². The molecule has 0 unspecified atom stereocenters. The third-order valence-electron chi connectivity index (χ3n) is 1.63. The summed E-state index contributed by atoms with van der Waals surface area (Å²) in [5.74, 6) is 0.626. The van der Waals surface area contributed by atoms with Gasteiger partial charge in [-0.15, -0.1) is 0 Å². The molecule has 0 radical (unpaired) electrons. The summed E-state index contributed by atoms with van der Waals surface area (Å²) in [6.45, 7) is 0. The van der Waals surface area contributed by atoms with Crippen molar-refractivity contribution in [3.63, 3.8) is 0 Å². The van der Waals surface area contributed by atoms with Gasteiger partial charge in [-0.3, -0.25) is 4.79 Å². The van der Waals surface area contributed by atoms with Crippen LogP contribution in [0, 0.1) is 0 Å². The zero-order chi connectivity index (χ0) is 9.68. The minimum atomic E-state index is 0.0236. The normalized spacial score (nSPS) is 10.5. The second-order valence-corrected chi connectivity index (χ2v) is 2.85. The molecule has 1 rings (SSSR count). The van der Waals surface area contributed by atoms with Crippen LogP contribution in [-0.4, -0.2) is 17.1 Å². The summed E-state index contributed by atoms with van der Waals surface area (Å²) >= 11 is 4.00. The minimum absolute atomic E-state index is 0.0236. The molecule has 3 heteroatoms. The van der Waals surface area contributed by atoms with Crippen molar-refractivity contribution in [2.24, 2.45) is 0 Å². The van der Waals surface area contributed by atoms with E-state index >= 15 is 0 Å². The fourth-order valence-electron chi connectivity index (χ4n) is 0.989. The van der Waals surface area contributed by atoms with Gasteiger partial charge in [0.25, 0.3) is 0 Å². The van der Waals surface area contributed by atoms with Gasteiger partial charge in [-0.25, -0.2) is 0 Å². The van der Waals surface area contributed by atoms with E-state index in [2.05, 4.69) is 12.6 Å². The van der Waals surface area contributed by atoms with Gasteiger partial charge < -0.3 is 5.11 Å². The molecule has 13 heavy (non-hydrogen) atoms. The zero-order valence-electron chi connectivity index (χ0n) is 6.97. The van der Waals surface area contributed by atoms with E-state index in [0.717, 1.165) is 0 Å². The number of benzene rings is 1. The fourth-order valence-corrected chi connectivity index (χ4v) is 1.09. The largest absolute Gasteiger partial charge is 0.507 e. The summed E-state index contributed by atoms with van der Waals surface area (Å²) in [5, 5.41) is 9.51. The summed E-state index contributed by atoms with van der Waals surface area (Å²) in [6, 6.07) is 5.03. The van der Waals surface area contributed by atoms with Gasteiger partial charge >= 0.3 is 0 Å². The summed E-state index contributed by atoms with van der Waals surface area (Å²) < 4.78 is 0. The molecule has 1 aromatic rings. The number of aldehydes is 1. The molecule has 1 aromatic carbocycles. The number of hydrogen-bond acceptors (Lipinski definition) is 3. The van der Waals surface area contributed by atoms with Crippen molar-refractivity contribution in [1.82, 2.24) is 0 Å². The van der Waals surface area contributed by atoms with Crippen molar-refractivity contribution in [2.45, 2.75) is 0 Å². The molecule has 0 spiro atoms. The molecule has 0 aromatic heterocycles. The average molecular weight is 194 g/mol. The van der Waals surface area contributed by atoms with Crippen molar-refractivity contribution < 1.29 is 9.90 Å². The lowest BCUT2D eigenvalue weighted by Gasteiger charge is -2.00. The summed E-state index contributed by atoms with van der Waals surface area (Å²) in [5.41, 5.74) is 0.944. The lowest BCUT2D eigenvalue weighted by molar-refractivity contribution is 0.112. The second-order valence-electron chi connectivity index (χ2n) is 2.49. The smallest absolute Gasteiger partial charge is 0.153 e. The topological polar surface area (TPSA) is 37.3 Å². The molecular formula is C10H10O2S. The lowest BCUT2D eigenvalue weighted by atomic mass is 10.1. The van der Waals surface area contributed by atoms with Crippen molar-refractivity contribution in [3.05, 3.63) is 35.4 Å². The lowest BCUT2D eigenvalue weighted by Crippen LogP contribution is -1.83. The quantitative estimate of drug-likeness (QED) is 0.571. The first-order valence-electron chi connectivity index (χ1n) is 3.84. The van der Waals surface area contributed by atoms with Gasteiger partial charge in [-0.1, -0.05) is 24.3 Å². The molecule has 0 bridgehead atoms. The van der Waals surface area contributed by atoms with Crippen LogP contribution in [0.2, 0.25) is 0 Å². The van der Waals surface area contributed by atoms with Crippen LogP contribution in [0.5, 0.6) is 5.75 Å². The van der Waals surface area contributed by atoms with E-state index in [4.69, 9.17) is 0 Å². The molecule has 0 fully saturated rings. The molecule has 2 nitrogen and oxygen atoms in total. The number of thiol groups is 1. The van der Waals surface area contributed by atoms with Crippen LogP contribution >= 0.6 is 12.6 Å². The van der Waals surface area contributed by atoms with Crippen LogP contribution in [0.1, 0.15) is 15.9 Å². The Hall–Kier alpha value is -1.22. The molecular weight excluding hydrogens is 184 g/mol. The highest BCUT2D eigenvalue weighted by molar-refractivity contribution is 7.80. The third-order valence-corrected chi connectivity index (χ3v) is 1.84. The first-order valence-corrected chi connectivity index (χ1v) is 4.47. The highest BCUT2D eigenvalue weighted by Gasteiger charge is 2.01. The van der Waals surface area contributed by atoms with E-state index in [9.17, 15) is 9.90 Å². The van der Waals surface area contributed by atoms with Gasteiger partial charge in [0.1, 0.15) is 5.75 Å². The van der Waals surface area contributed by atoms with Gasteiger partial charge in [0.05, 0.1) is 5.56 Å². The van der Waals surface area contributed by atoms with Gasteiger partial charge in [-0.2, -0.15) is 12.6 Å². The Kier molecular flexibility index (Phi) is 3.58. The summed E-state index contributed by atoms with van der Waals surface area (Å²) in [6.07, 6.45) is 4.16. The zero-order valence-corrected chi connectivity index (χ0v) is 7.87. The Morgan fingerprint density at radius 3 is 2.69 bits per heavy atom. The Balaban J connectivity index is 3.08. The predicted molar refractivity (Wildman–Crippen MR) is 56.4 cm³/mol. The summed E-state index contributed by atoms with van der Waals surface area (Å²) in [4.78, 5) is 10.5. The summed E-state index contributed by atoms with van der Waals surface area (Å²) in [7, 11) is 0. The van der Waals surface area contributed by atoms with Crippen molar-refractivity contribution in [2.75, 3.05) is 5.75 Å². The number of para-hydroxylation sites is 1. The highest BCUT2D eigenvalue weighted by Crippen LogP contribution is 2.21. The van der Waals surface area contributed by atoms with Crippen LogP contribution in [0.3, 0.4) is 0 Å². The molecule has 0 aliphatic carbocycles. The van der Waals surface area contributed by atoms with Crippen molar-refractivity contribution >= 4 is 25.0 Å². The van der Waals surface area contributed by atoms with Gasteiger partial charge in [0.15, 0.2) is 6.29 Å². The first kappa shape index (κ1) is 9.86. The van der Waals surface area contributed by atoms with E-state index < -0.39 is 0 Å². The van der Waals surface area contributed by atoms with E-state index in [1.165, 1.54) is 0 Å². The Labute approximate surface area is 82.3 Å². The van der Waals surface area contributed by atoms with E-state index in [-0.39, 0.29) is 5.75 Å². The molecule has 0 saturated heterocycles. The SMILES string of the molecule is O=Cc1cccc(C=CCS)c1O. The minimum Gasteiger partial charge on any atom is -0.507 e. The molecule has 0 aliphatic heterocycles. The molecule has 0 aliphatic rings. The number of phenols is 1. The maximum Gasteiger partial charge on any atom is 0.153 e. The van der Waals surface area contributed by atoms with E-state index in [1.54, 1.807) is 30.4 Å². The number of aromatic hydroxyl groups is 1. The predicted octanol–water partition coefficient (Wildman–Crippen LogP) is 2.15. The van der Waals surface area contributed by atoms with Crippen LogP contribution in [0.25, 0.3) is 6.08 Å². The van der Waals surface area contributed by atoms with Crippen LogP contribution in [-0.2, 0) is 0 Å². The number of rotatable bonds is 3. The number of carbonyl (C=O) groups excluding carboxylic acids is 1. The number of phenolic OH excluding ortho intramolecular Hbond substituents is 1. The molecule has 0 atom stereocenters. The number of hydrogen-bond donors (Lipinski definition) is 2. The van der Waals surface area contributed by atoms with Crippen LogP contribution in [0.15, 0.2) is 24.3 Å². The Morgan fingerprint density at radius 1 is 1.38 bits per heavy atom. The Bertz CT molecular complexity index is 332. The number of carbonyl (C=O) groups is 1. The van der Waals surface area contributed by atoms with Gasteiger partial charge in [0, 0.05) is 11.3 Å².